The molecule has 0 radical (unpaired) electrons. The van der Waals surface area contributed by atoms with E-state index < -0.39 is 5.69 Å². The number of hydrogen-bond acceptors (Lipinski definition) is 7. The summed E-state index contributed by atoms with van der Waals surface area (Å²) in [7, 11) is 1.62. The number of H-pyrrole nitrogens is 2. The minimum absolute atomic E-state index is 0.243. The molecule has 1 saturated carbocycles. The van der Waals surface area contributed by atoms with Gasteiger partial charge in [0, 0.05) is 23.0 Å². The van der Waals surface area contributed by atoms with Gasteiger partial charge in [-0.25, -0.2) is 9.78 Å². The number of hydrogen-bond donors (Lipinski definition) is 4. The van der Waals surface area contributed by atoms with Crippen LogP contribution in [-0.4, -0.2) is 42.8 Å². The Hall–Kier alpha value is -4.08. The summed E-state index contributed by atoms with van der Waals surface area (Å²) in [6.45, 7) is 0. The number of fused-ring (bicyclic) bond motifs is 1. The number of aromatic nitrogens is 5. The summed E-state index contributed by atoms with van der Waals surface area (Å²) in [5, 5.41) is 18.2. The van der Waals surface area contributed by atoms with E-state index in [0.717, 1.165) is 24.3 Å². The van der Waals surface area contributed by atoms with Gasteiger partial charge in [0.15, 0.2) is 11.1 Å². The van der Waals surface area contributed by atoms with Crippen molar-refractivity contribution in [1.82, 2.24) is 24.6 Å². The summed E-state index contributed by atoms with van der Waals surface area (Å²) in [6.07, 6.45) is 5.34. The molecule has 4 aromatic rings. The second-order valence-electron chi connectivity index (χ2n) is 7.04. The number of rotatable bonds is 5. The summed E-state index contributed by atoms with van der Waals surface area (Å²) in [5.41, 5.74) is 1.81. The molecule has 0 spiro atoms. The van der Waals surface area contributed by atoms with Crippen molar-refractivity contribution in [3.05, 3.63) is 63.4 Å². The van der Waals surface area contributed by atoms with Crippen LogP contribution >= 0.6 is 0 Å². The van der Waals surface area contributed by atoms with E-state index >= 15 is 0 Å². The summed E-state index contributed by atoms with van der Waals surface area (Å²) >= 11 is 0. The molecular weight excluding hydrogens is 386 g/mol. The van der Waals surface area contributed by atoms with Gasteiger partial charge in [-0.1, -0.05) is 6.07 Å². The lowest BCUT2D eigenvalue weighted by atomic mass is 10.3. The summed E-state index contributed by atoms with van der Waals surface area (Å²) in [4.78, 5) is 25.7. The molecule has 1 aliphatic rings. The number of nitrogens with zero attached hydrogens (tertiary/aromatic N) is 4. The van der Waals surface area contributed by atoms with E-state index in [9.17, 15) is 9.90 Å². The van der Waals surface area contributed by atoms with E-state index in [0.29, 0.717) is 28.2 Å². The molecule has 0 saturated heterocycles. The molecule has 1 fully saturated rings. The first-order chi connectivity index (χ1) is 14.6. The average Bonchev–Trinajstić information content (AvgIpc) is 3.37. The van der Waals surface area contributed by atoms with Gasteiger partial charge < -0.3 is 20.1 Å². The fourth-order valence-electron chi connectivity index (χ4n) is 3.11. The van der Waals surface area contributed by atoms with Gasteiger partial charge in [0.1, 0.15) is 17.3 Å². The standard InChI is InChI=1S/C20H19N7O3/c1-30-14-4-2-3-13(8-14)22-16-9-17(23-12-5-6-12)27-18(25-16)11(10-21-27)7-15-19(28)26-20(29)24-15/h2-4,7-10,12,22,28H,5-6H2,1H3,(H2,24,26,29)/b11-7-,23-17?. The van der Waals surface area contributed by atoms with Crippen molar-refractivity contribution in [3.63, 3.8) is 0 Å². The van der Waals surface area contributed by atoms with Crippen molar-refractivity contribution in [2.75, 3.05) is 12.4 Å². The van der Waals surface area contributed by atoms with Crippen molar-refractivity contribution in [3.8, 4) is 11.6 Å². The van der Waals surface area contributed by atoms with Crippen LogP contribution in [0.25, 0.3) is 11.7 Å². The average molecular weight is 405 g/mol. The number of imidazole rings is 1. The third-order valence-electron chi connectivity index (χ3n) is 4.72. The molecule has 30 heavy (non-hydrogen) atoms. The van der Waals surface area contributed by atoms with Gasteiger partial charge >= 0.3 is 5.69 Å². The van der Waals surface area contributed by atoms with Crippen LogP contribution in [0.2, 0.25) is 0 Å². The van der Waals surface area contributed by atoms with Crippen molar-refractivity contribution < 1.29 is 9.84 Å². The largest absolute Gasteiger partial charge is 0.497 e. The number of benzene rings is 1. The van der Waals surface area contributed by atoms with Gasteiger partial charge in [0.25, 0.3) is 0 Å². The molecule has 4 N–H and O–H groups in total. The monoisotopic (exact) mass is 405 g/mol. The van der Waals surface area contributed by atoms with Crippen LogP contribution in [0.15, 0.2) is 46.3 Å². The first-order valence-corrected chi connectivity index (χ1v) is 9.46. The number of aromatic hydroxyl groups is 1. The van der Waals surface area contributed by atoms with Gasteiger partial charge in [-0.15, -0.1) is 0 Å². The maximum atomic E-state index is 11.4. The topological polar surface area (TPSA) is 133 Å². The van der Waals surface area contributed by atoms with E-state index in [2.05, 4.69) is 25.4 Å². The number of methoxy groups -OCH3 is 1. The highest BCUT2D eigenvalue weighted by molar-refractivity contribution is 5.62. The summed E-state index contributed by atoms with van der Waals surface area (Å²) < 4.78 is 6.94. The lowest BCUT2D eigenvalue weighted by Crippen LogP contribution is -2.19. The molecule has 3 heterocycles. The van der Waals surface area contributed by atoms with Crippen LogP contribution in [0, 0.1) is 0 Å². The van der Waals surface area contributed by atoms with E-state index in [4.69, 9.17) is 9.73 Å². The fourth-order valence-corrected chi connectivity index (χ4v) is 3.11. The zero-order valence-corrected chi connectivity index (χ0v) is 16.1. The predicted octanol–water partition coefficient (Wildman–Crippen LogP) is 0.814. The molecule has 0 unspecified atom stereocenters. The van der Waals surface area contributed by atoms with Crippen LogP contribution in [0.1, 0.15) is 18.5 Å². The Kier molecular flexibility index (Phi) is 4.24. The lowest BCUT2D eigenvalue weighted by molar-refractivity contribution is 0.415. The minimum atomic E-state index is -0.493. The number of anilines is 2. The smallest absolute Gasteiger partial charge is 0.326 e. The molecule has 0 aliphatic heterocycles. The maximum Gasteiger partial charge on any atom is 0.326 e. The van der Waals surface area contributed by atoms with Crippen LogP contribution in [0.4, 0.5) is 11.5 Å². The molecule has 0 bridgehead atoms. The zero-order chi connectivity index (χ0) is 20.7. The Labute approximate surface area is 169 Å². The van der Waals surface area contributed by atoms with E-state index in [1.165, 1.54) is 0 Å². The van der Waals surface area contributed by atoms with Crippen molar-refractivity contribution in [2.24, 2.45) is 4.99 Å². The molecule has 10 nitrogen and oxygen atoms in total. The Bertz CT molecular complexity index is 1410. The Balaban J connectivity index is 1.66. The third kappa shape index (κ3) is 3.50. The number of aromatic amines is 2. The quantitative estimate of drug-likeness (QED) is 0.388. The first kappa shape index (κ1) is 18.0. The Morgan fingerprint density at radius 1 is 1.33 bits per heavy atom. The minimum Gasteiger partial charge on any atom is -0.497 e. The maximum absolute atomic E-state index is 11.4. The highest BCUT2D eigenvalue weighted by Crippen LogP contribution is 2.23. The second-order valence-corrected chi connectivity index (χ2v) is 7.04. The highest BCUT2D eigenvalue weighted by atomic mass is 16.5. The Morgan fingerprint density at radius 2 is 2.20 bits per heavy atom. The van der Waals surface area contributed by atoms with Crippen LogP contribution in [0.5, 0.6) is 11.6 Å². The first-order valence-electron chi connectivity index (χ1n) is 9.46. The highest BCUT2D eigenvalue weighted by Gasteiger charge is 2.20. The molecule has 1 aliphatic carbocycles. The van der Waals surface area contributed by atoms with Crippen LogP contribution in [0.3, 0.4) is 0 Å². The van der Waals surface area contributed by atoms with Crippen molar-refractivity contribution in [2.45, 2.75) is 18.9 Å². The molecule has 152 valence electrons. The van der Waals surface area contributed by atoms with Crippen molar-refractivity contribution >= 4 is 23.2 Å². The second kappa shape index (κ2) is 7.07. The van der Waals surface area contributed by atoms with Gasteiger partial charge in [0.05, 0.1) is 19.3 Å². The molecule has 3 aromatic heterocycles. The number of nitrogens with one attached hydrogen (secondary N) is 3. The number of ether oxygens (including phenoxy) is 1. The van der Waals surface area contributed by atoms with Crippen LogP contribution in [-0.2, 0) is 0 Å². The molecule has 5 rings (SSSR count). The van der Waals surface area contributed by atoms with E-state index in [-0.39, 0.29) is 11.6 Å². The van der Waals surface area contributed by atoms with Crippen molar-refractivity contribution in [1.29, 1.82) is 0 Å². The van der Waals surface area contributed by atoms with E-state index in [1.54, 1.807) is 23.9 Å². The SMILES string of the molecule is COc1cccc(Nc2cc(=NC3CC3)n3nc/c(=C/c4[nH]c(=O)[nH]c4O)c3n2)c1. The summed E-state index contributed by atoms with van der Waals surface area (Å²) in [6, 6.07) is 9.68. The molecule has 0 atom stereocenters. The van der Waals surface area contributed by atoms with Crippen LogP contribution < -0.4 is 26.4 Å². The zero-order valence-electron chi connectivity index (χ0n) is 16.1. The lowest BCUT2D eigenvalue weighted by Gasteiger charge is -2.08. The van der Waals surface area contributed by atoms with Gasteiger partial charge in [-0.05, 0) is 31.1 Å². The molecule has 1 aromatic carbocycles. The summed E-state index contributed by atoms with van der Waals surface area (Å²) in [5.74, 6) is 1.08. The van der Waals surface area contributed by atoms with Gasteiger partial charge in [-0.3, -0.25) is 9.98 Å². The molecule has 10 heteroatoms. The molecular formula is C20H19N7O3. The molecule has 0 amide bonds. The third-order valence-corrected chi connectivity index (χ3v) is 4.72. The fraction of sp³-hybridized carbons (Fsp3) is 0.200. The van der Waals surface area contributed by atoms with Gasteiger partial charge in [0.2, 0.25) is 5.88 Å². The van der Waals surface area contributed by atoms with E-state index in [1.807, 2.05) is 30.3 Å². The van der Waals surface area contributed by atoms with Gasteiger partial charge in [-0.2, -0.15) is 9.61 Å². The predicted molar refractivity (Wildman–Crippen MR) is 110 cm³/mol. The Morgan fingerprint density at radius 3 is 2.93 bits per heavy atom. The normalized spacial score (nSPS) is 15.1.